The van der Waals surface area contributed by atoms with Gasteiger partial charge in [0, 0.05) is 0 Å². The Bertz CT molecular complexity index is 1180. The number of carbonyl (C=O) groups is 2. The van der Waals surface area contributed by atoms with Crippen LogP contribution in [0.25, 0.3) is 0 Å². The first kappa shape index (κ1) is 30.4. The van der Waals surface area contributed by atoms with Crippen molar-refractivity contribution in [3.8, 4) is 17.2 Å². The molecule has 3 aromatic carbocycles. The Morgan fingerprint density at radius 3 is 1.48 bits per heavy atom. The lowest BCUT2D eigenvalue weighted by Crippen LogP contribution is -2.21. The van der Waals surface area contributed by atoms with Gasteiger partial charge >= 0.3 is 11.9 Å². The first-order valence-electron chi connectivity index (χ1n) is 12.6. The fraction of sp³-hybridized carbons (Fsp3) is 0.333. The number of rotatable bonds is 16. The van der Waals surface area contributed by atoms with E-state index in [4.69, 9.17) is 38.3 Å². The predicted octanol–water partition coefficient (Wildman–Crippen LogP) is 4.38. The van der Waals surface area contributed by atoms with Crippen molar-refractivity contribution >= 4 is 11.9 Å². The first-order valence-corrected chi connectivity index (χ1v) is 12.6. The van der Waals surface area contributed by atoms with Crippen LogP contribution in [0.4, 0.5) is 0 Å². The molecule has 2 unspecified atom stereocenters. The maximum absolute atomic E-state index is 12.3. The highest BCUT2D eigenvalue weighted by Gasteiger charge is 2.12. The van der Waals surface area contributed by atoms with Crippen LogP contribution in [0.3, 0.4) is 0 Å². The summed E-state index contributed by atoms with van der Waals surface area (Å²) in [6, 6.07) is 20.0. The van der Waals surface area contributed by atoms with Gasteiger partial charge in [-0.1, -0.05) is 12.1 Å². The van der Waals surface area contributed by atoms with Crippen LogP contribution >= 0.6 is 0 Å². The smallest absolute Gasteiger partial charge is 0.338 e. The molecule has 40 heavy (non-hydrogen) atoms. The molecular weight excluding hydrogens is 520 g/mol. The minimum Gasteiger partial charge on any atom is -0.497 e. The first-order chi connectivity index (χ1) is 19.4. The molecule has 0 saturated heterocycles. The van der Waals surface area contributed by atoms with Crippen molar-refractivity contribution in [2.75, 3.05) is 33.9 Å². The summed E-state index contributed by atoms with van der Waals surface area (Å²) in [5, 5.41) is 9.07. The lowest BCUT2D eigenvalue weighted by Gasteiger charge is -2.15. The zero-order valence-corrected chi connectivity index (χ0v) is 22.7. The number of aliphatic hydroxyl groups excluding tert-OH is 1. The number of hydrogen-bond acceptors (Lipinski definition) is 10. The third-order valence-corrected chi connectivity index (χ3v) is 5.58. The van der Waals surface area contributed by atoms with Gasteiger partial charge in [-0.15, -0.1) is 0 Å². The second kappa shape index (κ2) is 16.1. The highest BCUT2D eigenvalue weighted by atomic mass is 16.7. The fourth-order valence-corrected chi connectivity index (χ4v) is 3.19. The van der Waals surface area contributed by atoms with Crippen LogP contribution in [-0.4, -0.2) is 63.2 Å². The van der Waals surface area contributed by atoms with Gasteiger partial charge in [0.2, 0.25) is 0 Å². The molecule has 0 aromatic heterocycles. The maximum atomic E-state index is 12.3. The lowest BCUT2D eigenvalue weighted by atomic mass is 10.1. The van der Waals surface area contributed by atoms with Crippen molar-refractivity contribution in [3.63, 3.8) is 0 Å². The number of ether oxygens (including phenoxy) is 7. The van der Waals surface area contributed by atoms with Crippen LogP contribution in [0.15, 0.2) is 72.8 Å². The molecule has 0 aliphatic rings. The molecule has 0 spiro atoms. The standard InChI is InChI=1S/C30H34O10/c1-21(17-35-29(32)24-6-4-23(16-31)5-7-24)37-19-39-27-10-8-25(9-11-27)30(33)36-18-22(2)38-20-40-28-14-12-26(34-3)13-15-28/h4-15,21-22,31H,16-20H2,1-3H3. The second-order valence-electron chi connectivity index (χ2n) is 8.73. The Morgan fingerprint density at radius 1 is 0.650 bits per heavy atom. The van der Waals surface area contributed by atoms with E-state index in [1.54, 1.807) is 93.8 Å². The Hall–Kier alpha value is -4.12. The molecule has 0 radical (unpaired) electrons. The molecule has 0 heterocycles. The van der Waals surface area contributed by atoms with E-state index in [1.165, 1.54) is 0 Å². The molecule has 0 aliphatic heterocycles. The number of aliphatic hydroxyl groups is 1. The summed E-state index contributed by atoms with van der Waals surface area (Å²) in [5.41, 5.74) is 1.46. The second-order valence-corrected chi connectivity index (χ2v) is 8.73. The Balaban J connectivity index is 1.29. The molecule has 0 amide bonds. The Labute approximate surface area is 233 Å². The van der Waals surface area contributed by atoms with Crippen molar-refractivity contribution in [2.24, 2.45) is 0 Å². The number of carbonyl (C=O) groups excluding carboxylic acids is 2. The average molecular weight is 555 g/mol. The normalized spacial score (nSPS) is 12.2. The molecule has 2 atom stereocenters. The van der Waals surface area contributed by atoms with Gasteiger partial charge in [-0.05, 0) is 80.1 Å². The van der Waals surface area contributed by atoms with E-state index in [9.17, 15) is 9.59 Å². The number of benzene rings is 3. The molecule has 0 bridgehead atoms. The minimum atomic E-state index is -0.490. The molecule has 10 nitrogen and oxygen atoms in total. The molecule has 3 rings (SSSR count). The Kier molecular flexibility index (Phi) is 12.2. The summed E-state index contributed by atoms with van der Waals surface area (Å²) in [6.07, 6.45) is -0.768. The monoisotopic (exact) mass is 554 g/mol. The van der Waals surface area contributed by atoms with Crippen molar-refractivity contribution in [2.45, 2.75) is 32.7 Å². The summed E-state index contributed by atoms with van der Waals surface area (Å²) in [5.74, 6) is 0.895. The van der Waals surface area contributed by atoms with Crippen LogP contribution in [0.2, 0.25) is 0 Å². The largest absolute Gasteiger partial charge is 0.497 e. The third kappa shape index (κ3) is 10.2. The fourth-order valence-electron chi connectivity index (χ4n) is 3.19. The molecule has 3 aromatic rings. The summed E-state index contributed by atoms with van der Waals surface area (Å²) in [6.45, 7) is 3.49. The number of methoxy groups -OCH3 is 1. The van der Waals surface area contributed by atoms with E-state index in [1.807, 2.05) is 0 Å². The molecule has 0 saturated carbocycles. The van der Waals surface area contributed by atoms with Crippen LogP contribution < -0.4 is 14.2 Å². The zero-order chi connectivity index (χ0) is 28.7. The number of esters is 2. The Morgan fingerprint density at radius 2 is 1.05 bits per heavy atom. The summed E-state index contributed by atoms with van der Waals surface area (Å²) >= 11 is 0. The highest BCUT2D eigenvalue weighted by Crippen LogP contribution is 2.17. The van der Waals surface area contributed by atoms with E-state index in [0.29, 0.717) is 28.2 Å². The zero-order valence-electron chi connectivity index (χ0n) is 22.7. The van der Waals surface area contributed by atoms with Crippen molar-refractivity contribution in [3.05, 3.63) is 89.5 Å². The highest BCUT2D eigenvalue weighted by molar-refractivity contribution is 5.89. The van der Waals surface area contributed by atoms with Crippen molar-refractivity contribution < 1.29 is 47.9 Å². The van der Waals surface area contributed by atoms with Gasteiger partial charge in [0.25, 0.3) is 0 Å². The molecule has 214 valence electrons. The van der Waals surface area contributed by atoms with Gasteiger partial charge in [0.1, 0.15) is 30.5 Å². The maximum Gasteiger partial charge on any atom is 0.338 e. The van der Waals surface area contributed by atoms with Gasteiger partial charge < -0.3 is 38.3 Å². The summed E-state index contributed by atoms with van der Waals surface area (Å²) < 4.78 is 37.8. The van der Waals surface area contributed by atoms with Gasteiger partial charge in [0.05, 0.1) is 37.1 Å². The average Bonchev–Trinajstić information content (AvgIpc) is 2.99. The number of hydrogen-bond donors (Lipinski definition) is 1. The lowest BCUT2D eigenvalue weighted by molar-refractivity contribution is -0.0546. The van der Waals surface area contributed by atoms with Gasteiger partial charge in [-0.2, -0.15) is 0 Å². The van der Waals surface area contributed by atoms with Gasteiger partial charge in [-0.3, -0.25) is 0 Å². The van der Waals surface area contributed by atoms with Crippen molar-refractivity contribution in [1.82, 2.24) is 0 Å². The van der Waals surface area contributed by atoms with E-state index < -0.39 is 18.0 Å². The van der Waals surface area contributed by atoms with E-state index >= 15 is 0 Å². The SMILES string of the molecule is COc1ccc(OCOC(C)COC(=O)c2ccc(OCOC(C)COC(=O)c3ccc(CO)cc3)cc2)cc1. The van der Waals surface area contributed by atoms with E-state index in [-0.39, 0.29) is 39.5 Å². The van der Waals surface area contributed by atoms with Crippen LogP contribution in [-0.2, 0) is 25.6 Å². The third-order valence-electron chi connectivity index (χ3n) is 5.58. The van der Waals surface area contributed by atoms with Gasteiger partial charge in [0.15, 0.2) is 13.6 Å². The van der Waals surface area contributed by atoms with Gasteiger partial charge in [-0.25, -0.2) is 9.59 Å². The topological polar surface area (TPSA) is 119 Å². The molecule has 0 aliphatic carbocycles. The minimum absolute atomic E-state index is 0.0133. The van der Waals surface area contributed by atoms with Crippen LogP contribution in [0, 0.1) is 0 Å². The van der Waals surface area contributed by atoms with Crippen LogP contribution in [0.5, 0.6) is 17.2 Å². The molecule has 1 N–H and O–H groups in total. The van der Waals surface area contributed by atoms with E-state index in [2.05, 4.69) is 0 Å². The van der Waals surface area contributed by atoms with E-state index in [0.717, 1.165) is 5.75 Å². The molecule has 0 fully saturated rings. The molecular formula is C30H34O10. The quantitative estimate of drug-likeness (QED) is 0.202. The summed E-state index contributed by atoms with van der Waals surface area (Å²) in [4.78, 5) is 24.4. The van der Waals surface area contributed by atoms with Crippen molar-refractivity contribution in [1.29, 1.82) is 0 Å². The molecule has 10 heteroatoms. The summed E-state index contributed by atoms with van der Waals surface area (Å²) in [7, 11) is 1.59. The predicted molar refractivity (Wildman–Crippen MR) is 144 cm³/mol. The van der Waals surface area contributed by atoms with Crippen LogP contribution in [0.1, 0.15) is 40.1 Å².